The quantitative estimate of drug-likeness (QED) is 0.716. The van der Waals surface area contributed by atoms with Gasteiger partial charge in [-0.3, -0.25) is 4.90 Å². The van der Waals surface area contributed by atoms with Crippen LogP contribution in [0.3, 0.4) is 0 Å². The molecule has 1 aliphatic rings. The maximum absolute atomic E-state index is 10.1. The second-order valence-electron chi connectivity index (χ2n) is 5.95. The van der Waals surface area contributed by atoms with E-state index < -0.39 is 0 Å². The van der Waals surface area contributed by atoms with Gasteiger partial charge in [-0.2, -0.15) is 0 Å². The molecule has 2 N–H and O–H groups in total. The van der Waals surface area contributed by atoms with Gasteiger partial charge in [0.2, 0.25) is 0 Å². The Kier molecular flexibility index (Phi) is 5.43. The Hall–Kier alpha value is -0.840. The minimum absolute atomic E-state index is 0.311. The number of nitrogens with zero attached hydrogens (tertiary/aromatic N) is 1. The first-order valence-corrected chi connectivity index (χ1v) is 7.30. The highest BCUT2D eigenvalue weighted by Gasteiger charge is 2.30. The van der Waals surface area contributed by atoms with E-state index in [9.17, 15) is 5.11 Å². The van der Waals surface area contributed by atoms with Gasteiger partial charge in [0.05, 0.1) is 18.9 Å². The molecular formula is C15H26N2O2. The molecule has 1 aromatic heterocycles. The van der Waals surface area contributed by atoms with Crippen molar-refractivity contribution < 1.29 is 9.52 Å². The van der Waals surface area contributed by atoms with Gasteiger partial charge in [-0.15, -0.1) is 0 Å². The van der Waals surface area contributed by atoms with E-state index in [4.69, 9.17) is 4.42 Å². The zero-order chi connectivity index (χ0) is 13.7. The molecule has 1 aliphatic carbocycles. The zero-order valence-corrected chi connectivity index (χ0v) is 12.0. The molecule has 1 saturated carbocycles. The van der Waals surface area contributed by atoms with Gasteiger partial charge in [-0.25, -0.2) is 0 Å². The first-order chi connectivity index (χ1) is 9.15. The van der Waals surface area contributed by atoms with Gasteiger partial charge < -0.3 is 14.8 Å². The van der Waals surface area contributed by atoms with Crippen molar-refractivity contribution in [2.75, 3.05) is 19.6 Å². The molecule has 0 spiro atoms. The van der Waals surface area contributed by atoms with Gasteiger partial charge in [-0.1, -0.05) is 13.8 Å². The molecule has 19 heavy (non-hydrogen) atoms. The monoisotopic (exact) mass is 266 g/mol. The molecule has 0 aliphatic heterocycles. The third-order valence-corrected chi connectivity index (χ3v) is 3.38. The van der Waals surface area contributed by atoms with Crippen LogP contribution in [0.4, 0.5) is 0 Å². The summed E-state index contributed by atoms with van der Waals surface area (Å²) in [4.78, 5) is 2.33. The molecule has 0 amide bonds. The summed E-state index contributed by atoms with van der Waals surface area (Å²) in [5.74, 6) is 1.60. The number of nitrogens with one attached hydrogen (secondary N) is 1. The molecule has 108 valence electrons. The van der Waals surface area contributed by atoms with Crippen LogP contribution in [-0.4, -0.2) is 41.8 Å². The Balaban J connectivity index is 1.73. The molecule has 2 rings (SSSR count). The Bertz CT molecular complexity index is 347. The minimum atomic E-state index is -0.311. The molecule has 0 bridgehead atoms. The van der Waals surface area contributed by atoms with Crippen LogP contribution in [-0.2, 0) is 6.54 Å². The van der Waals surface area contributed by atoms with E-state index in [-0.39, 0.29) is 6.10 Å². The summed E-state index contributed by atoms with van der Waals surface area (Å²) in [7, 11) is 0. The van der Waals surface area contributed by atoms with E-state index in [2.05, 4.69) is 24.1 Å². The summed E-state index contributed by atoms with van der Waals surface area (Å²) < 4.78 is 5.40. The molecule has 1 unspecified atom stereocenters. The molecule has 0 radical (unpaired) electrons. The van der Waals surface area contributed by atoms with Gasteiger partial charge in [0.1, 0.15) is 5.76 Å². The fourth-order valence-corrected chi connectivity index (χ4v) is 2.26. The molecule has 4 heteroatoms. The lowest BCUT2D eigenvalue weighted by Gasteiger charge is -2.24. The Morgan fingerprint density at radius 3 is 2.79 bits per heavy atom. The average molecular weight is 266 g/mol. The highest BCUT2D eigenvalue weighted by molar-refractivity contribution is 5.00. The van der Waals surface area contributed by atoms with E-state index in [0.717, 1.165) is 25.4 Å². The SMILES string of the molecule is CC(C)CNCC(O)CN(Cc1ccco1)C1CC1. The minimum Gasteiger partial charge on any atom is -0.468 e. The lowest BCUT2D eigenvalue weighted by Crippen LogP contribution is -2.39. The standard InChI is InChI=1S/C15H26N2O2/c1-12(2)8-16-9-14(18)10-17(13-5-6-13)11-15-4-3-7-19-15/h3-4,7,12-14,16,18H,5-6,8-11H2,1-2H3. The molecule has 1 heterocycles. The van der Waals surface area contributed by atoms with Crippen molar-refractivity contribution in [3.05, 3.63) is 24.2 Å². The lowest BCUT2D eigenvalue weighted by atomic mass is 10.2. The number of rotatable bonds is 9. The average Bonchev–Trinajstić information content (AvgIpc) is 3.07. The maximum Gasteiger partial charge on any atom is 0.117 e. The maximum atomic E-state index is 10.1. The Labute approximate surface area is 115 Å². The van der Waals surface area contributed by atoms with Crippen LogP contribution in [0.1, 0.15) is 32.4 Å². The molecular weight excluding hydrogens is 240 g/mol. The number of furan rings is 1. The van der Waals surface area contributed by atoms with Gasteiger partial charge in [-0.05, 0) is 37.4 Å². The number of aliphatic hydroxyl groups is 1. The van der Waals surface area contributed by atoms with Gasteiger partial charge in [0.15, 0.2) is 0 Å². The highest BCUT2D eigenvalue weighted by atomic mass is 16.3. The van der Waals surface area contributed by atoms with Crippen molar-refractivity contribution in [2.24, 2.45) is 5.92 Å². The van der Waals surface area contributed by atoms with Crippen LogP contribution in [0.25, 0.3) is 0 Å². The Morgan fingerprint density at radius 2 is 2.21 bits per heavy atom. The predicted molar refractivity (Wildman–Crippen MR) is 75.9 cm³/mol. The smallest absolute Gasteiger partial charge is 0.117 e. The number of hydrogen-bond acceptors (Lipinski definition) is 4. The largest absolute Gasteiger partial charge is 0.468 e. The van der Waals surface area contributed by atoms with Crippen LogP contribution in [0, 0.1) is 5.92 Å². The summed E-state index contributed by atoms with van der Waals surface area (Å²) in [6.07, 6.45) is 3.88. The van der Waals surface area contributed by atoms with E-state index in [0.29, 0.717) is 18.5 Å². The predicted octanol–water partition coefficient (Wildman–Crippen LogP) is 1.85. The fourth-order valence-electron chi connectivity index (χ4n) is 2.26. The lowest BCUT2D eigenvalue weighted by molar-refractivity contribution is 0.0983. The summed E-state index contributed by atoms with van der Waals surface area (Å²) in [6.45, 7) is 7.49. The van der Waals surface area contributed by atoms with Gasteiger partial charge in [0, 0.05) is 19.1 Å². The summed E-state index contributed by atoms with van der Waals surface area (Å²) in [5.41, 5.74) is 0. The highest BCUT2D eigenvalue weighted by Crippen LogP contribution is 2.28. The summed E-state index contributed by atoms with van der Waals surface area (Å²) in [5, 5.41) is 13.4. The second kappa shape index (κ2) is 7.08. The fraction of sp³-hybridized carbons (Fsp3) is 0.733. The van der Waals surface area contributed by atoms with Crippen LogP contribution in [0.15, 0.2) is 22.8 Å². The normalized spacial score (nSPS) is 17.3. The molecule has 4 nitrogen and oxygen atoms in total. The number of hydrogen-bond donors (Lipinski definition) is 2. The van der Waals surface area contributed by atoms with E-state index in [1.54, 1.807) is 6.26 Å². The second-order valence-corrected chi connectivity index (χ2v) is 5.95. The van der Waals surface area contributed by atoms with Crippen molar-refractivity contribution >= 4 is 0 Å². The van der Waals surface area contributed by atoms with Crippen LogP contribution >= 0.6 is 0 Å². The van der Waals surface area contributed by atoms with Crippen molar-refractivity contribution in [3.8, 4) is 0 Å². The van der Waals surface area contributed by atoms with Crippen molar-refractivity contribution in [1.29, 1.82) is 0 Å². The summed E-state index contributed by atoms with van der Waals surface area (Å²) in [6, 6.07) is 4.55. The molecule has 1 fully saturated rings. The molecule has 0 saturated heterocycles. The van der Waals surface area contributed by atoms with Crippen LogP contribution < -0.4 is 5.32 Å². The van der Waals surface area contributed by atoms with Crippen molar-refractivity contribution in [1.82, 2.24) is 10.2 Å². The van der Waals surface area contributed by atoms with Crippen molar-refractivity contribution in [3.63, 3.8) is 0 Å². The van der Waals surface area contributed by atoms with Crippen LogP contribution in [0.5, 0.6) is 0 Å². The first kappa shape index (κ1) is 14.6. The van der Waals surface area contributed by atoms with E-state index in [1.807, 2.05) is 12.1 Å². The molecule has 1 atom stereocenters. The zero-order valence-electron chi connectivity index (χ0n) is 12.0. The first-order valence-electron chi connectivity index (χ1n) is 7.30. The number of aliphatic hydroxyl groups excluding tert-OH is 1. The topological polar surface area (TPSA) is 48.6 Å². The molecule has 1 aromatic rings. The van der Waals surface area contributed by atoms with Gasteiger partial charge in [0.25, 0.3) is 0 Å². The third-order valence-electron chi connectivity index (χ3n) is 3.38. The summed E-state index contributed by atoms with van der Waals surface area (Å²) >= 11 is 0. The third kappa shape index (κ3) is 5.35. The molecule has 0 aromatic carbocycles. The van der Waals surface area contributed by atoms with Crippen molar-refractivity contribution in [2.45, 2.75) is 45.4 Å². The van der Waals surface area contributed by atoms with E-state index in [1.165, 1.54) is 12.8 Å². The Morgan fingerprint density at radius 1 is 1.42 bits per heavy atom. The van der Waals surface area contributed by atoms with Gasteiger partial charge >= 0.3 is 0 Å². The van der Waals surface area contributed by atoms with Crippen LogP contribution in [0.2, 0.25) is 0 Å². The van der Waals surface area contributed by atoms with E-state index >= 15 is 0 Å².